The molecule has 0 saturated heterocycles. The first-order valence-electron chi connectivity index (χ1n) is 7.26. The van der Waals surface area contributed by atoms with E-state index in [2.05, 4.69) is 10.3 Å². The molecule has 0 fully saturated rings. The minimum Gasteiger partial charge on any atom is -0.481 e. The van der Waals surface area contributed by atoms with Crippen LogP contribution in [0, 0.1) is 0 Å². The van der Waals surface area contributed by atoms with Crippen LogP contribution in [-0.4, -0.2) is 34.5 Å². The van der Waals surface area contributed by atoms with E-state index in [4.69, 9.17) is 9.84 Å². The van der Waals surface area contributed by atoms with Crippen molar-refractivity contribution in [3.05, 3.63) is 35.2 Å². The topological polar surface area (TPSA) is 106 Å². The largest absolute Gasteiger partial charge is 0.481 e. The van der Waals surface area contributed by atoms with E-state index in [1.54, 1.807) is 19.1 Å². The fourth-order valence-corrected chi connectivity index (χ4v) is 2.80. The lowest BCUT2D eigenvalue weighted by Crippen LogP contribution is -2.12. The Morgan fingerprint density at radius 3 is 2.54 bits per heavy atom. The second-order valence-electron chi connectivity index (χ2n) is 4.73. The first-order chi connectivity index (χ1) is 11.5. The maximum absolute atomic E-state index is 12.1. The van der Waals surface area contributed by atoms with Crippen molar-refractivity contribution in [2.45, 2.75) is 19.8 Å². The Balaban J connectivity index is 2.26. The molecule has 1 heterocycles. The van der Waals surface area contributed by atoms with E-state index >= 15 is 0 Å². The zero-order valence-corrected chi connectivity index (χ0v) is 13.8. The summed E-state index contributed by atoms with van der Waals surface area (Å²) in [5.74, 6) is -2.04. The van der Waals surface area contributed by atoms with Gasteiger partial charge in [0.15, 0.2) is 5.13 Å². The molecule has 0 saturated carbocycles. The minimum atomic E-state index is -1.05. The number of esters is 1. The standard InChI is InChI=1S/C16H16N2O5S/c1-2-23-15(22)14-13(10-6-4-3-5-7-10)18-16(24-14)17-11(19)8-9-12(20)21/h3-7H,2,8-9H2,1H3,(H,20,21)(H,17,18,19). The summed E-state index contributed by atoms with van der Waals surface area (Å²) in [5, 5.41) is 11.4. The number of ether oxygens (including phenoxy) is 1. The van der Waals surface area contributed by atoms with Crippen molar-refractivity contribution in [1.29, 1.82) is 0 Å². The van der Waals surface area contributed by atoms with Gasteiger partial charge >= 0.3 is 11.9 Å². The number of carboxylic acid groups (broad SMARTS) is 1. The molecule has 0 aliphatic rings. The Morgan fingerprint density at radius 1 is 1.21 bits per heavy atom. The molecule has 2 rings (SSSR count). The van der Waals surface area contributed by atoms with Crippen molar-refractivity contribution < 1.29 is 24.2 Å². The lowest BCUT2D eigenvalue weighted by atomic mass is 10.1. The van der Waals surface area contributed by atoms with Gasteiger partial charge in [0.05, 0.1) is 18.7 Å². The third-order valence-corrected chi connectivity index (χ3v) is 3.90. The van der Waals surface area contributed by atoms with Crippen LogP contribution in [0.5, 0.6) is 0 Å². The molecule has 24 heavy (non-hydrogen) atoms. The first-order valence-corrected chi connectivity index (χ1v) is 8.08. The average molecular weight is 348 g/mol. The summed E-state index contributed by atoms with van der Waals surface area (Å²) in [6, 6.07) is 9.07. The predicted molar refractivity (Wildman–Crippen MR) is 89.0 cm³/mol. The summed E-state index contributed by atoms with van der Waals surface area (Å²) in [4.78, 5) is 38.9. The molecule has 0 spiro atoms. The molecule has 0 unspecified atom stereocenters. The summed E-state index contributed by atoms with van der Waals surface area (Å²) >= 11 is 1.000. The van der Waals surface area contributed by atoms with Crippen molar-refractivity contribution in [2.75, 3.05) is 11.9 Å². The highest BCUT2D eigenvalue weighted by atomic mass is 32.1. The van der Waals surface area contributed by atoms with Gasteiger partial charge in [-0.2, -0.15) is 0 Å². The van der Waals surface area contributed by atoms with Crippen LogP contribution in [-0.2, 0) is 14.3 Å². The number of carbonyl (C=O) groups excluding carboxylic acids is 2. The monoisotopic (exact) mass is 348 g/mol. The Hall–Kier alpha value is -2.74. The summed E-state index contributed by atoms with van der Waals surface area (Å²) in [6.07, 6.45) is -0.433. The molecule has 0 radical (unpaired) electrons. The SMILES string of the molecule is CCOC(=O)c1sc(NC(=O)CCC(=O)O)nc1-c1ccccc1. The van der Waals surface area contributed by atoms with E-state index in [1.807, 2.05) is 18.2 Å². The highest BCUT2D eigenvalue weighted by Crippen LogP contribution is 2.31. The first kappa shape index (κ1) is 17.6. The van der Waals surface area contributed by atoms with Gasteiger partial charge in [-0.3, -0.25) is 9.59 Å². The normalized spacial score (nSPS) is 10.2. The predicted octanol–water partition coefficient (Wildman–Crippen LogP) is 2.79. The van der Waals surface area contributed by atoms with Crippen LogP contribution in [0.1, 0.15) is 29.4 Å². The van der Waals surface area contributed by atoms with Crippen LogP contribution in [0.3, 0.4) is 0 Å². The van der Waals surface area contributed by atoms with Gasteiger partial charge in [-0.25, -0.2) is 9.78 Å². The van der Waals surface area contributed by atoms with Crippen molar-refractivity contribution in [1.82, 2.24) is 4.98 Å². The van der Waals surface area contributed by atoms with Crippen molar-refractivity contribution in [3.63, 3.8) is 0 Å². The number of aromatic nitrogens is 1. The van der Waals surface area contributed by atoms with E-state index in [0.29, 0.717) is 5.69 Å². The highest BCUT2D eigenvalue weighted by Gasteiger charge is 2.21. The quantitative estimate of drug-likeness (QED) is 0.745. The molecule has 0 atom stereocenters. The van der Waals surface area contributed by atoms with E-state index in [9.17, 15) is 14.4 Å². The summed E-state index contributed by atoms with van der Waals surface area (Å²) in [5.41, 5.74) is 1.15. The minimum absolute atomic E-state index is 0.162. The number of amides is 1. The molecule has 2 N–H and O–H groups in total. The number of aliphatic carboxylic acids is 1. The fourth-order valence-electron chi connectivity index (χ4n) is 1.90. The number of nitrogens with one attached hydrogen (secondary N) is 1. The lowest BCUT2D eigenvalue weighted by molar-refractivity contribution is -0.138. The molecule has 7 nitrogen and oxygen atoms in total. The number of nitrogens with zero attached hydrogens (tertiary/aromatic N) is 1. The smallest absolute Gasteiger partial charge is 0.350 e. The number of hydrogen-bond acceptors (Lipinski definition) is 6. The van der Waals surface area contributed by atoms with Gasteiger partial charge in [0.25, 0.3) is 0 Å². The Morgan fingerprint density at radius 2 is 1.92 bits per heavy atom. The Kier molecular flexibility index (Phi) is 6.02. The van der Waals surface area contributed by atoms with Gasteiger partial charge in [-0.05, 0) is 6.92 Å². The number of carbonyl (C=O) groups is 3. The van der Waals surface area contributed by atoms with E-state index in [0.717, 1.165) is 16.9 Å². The van der Waals surface area contributed by atoms with Crippen molar-refractivity contribution >= 4 is 34.3 Å². The van der Waals surface area contributed by atoms with Gasteiger partial charge in [0, 0.05) is 12.0 Å². The van der Waals surface area contributed by atoms with Gasteiger partial charge in [0.1, 0.15) is 4.88 Å². The summed E-state index contributed by atoms with van der Waals surface area (Å²) in [6.45, 7) is 1.93. The van der Waals surface area contributed by atoms with Gasteiger partial charge in [-0.1, -0.05) is 41.7 Å². The number of hydrogen-bond donors (Lipinski definition) is 2. The van der Waals surface area contributed by atoms with Crippen LogP contribution < -0.4 is 5.32 Å². The number of carboxylic acids is 1. The summed E-state index contributed by atoms with van der Waals surface area (Å²) < 4.78 is 5.03. The Labute approximate surface area is 142 Å². The molecular formula is C16H16N2O5S. The van der Waals surface area contributed by atoms with Crippen molar-refractivity contribution in [2.24, 2.45) is 0 Å². The van der Waals surface area contributed by atoms with Crippen LogP contribution in [0.15, 0.2) is 30.3 Å². The third-order valence-electron chi connectivity index (χ3n) is 2.95. The molecule has 1 amide bonds. The van der Waals surface area contributed by atoms with Gasteiger partial charge < -0.3 is 15.2 Å². The number of rotatable bonds is 7. The van der Waals surface area contributed by atoms with Gasteiger partial charge in [-0.15, -0.1) is 0 Å². The fraction of sp³-hybridized carbons (Fsp3) is 0.250. The highest BCUT2D eigenvalue weighted by molar-refractivity contribution is 7.18. The second-order valence-corrected chi connectivity index (χ2v) is 5.72. The summed E-state index contributed by atoms with van der Waals surface area (Å²) in [7, 11) is 0. The molecule has 0 aliphatic heterocycles. The number of anilines is 1. The van der Waals surface area contributed by atoms with Crippen LogP contribution in [0.25, 0.3) is 11.3 Å². The molecule has 0 aliphatic carbocycles. The number of benzene rings is 1. The maximum atomic E-state index is 12.1. The molecule has 8 heteroatoms. The van der Waals surface area contributed by atoms with Gasteiger partial charge in [0.2, 0.25) is 5.91 Å². The molecule has 2 aromatic rings. The number of thiazole rings is 1. The van der Waals surface area contributed by atoms with Crippen LogP contribution in [0.2, 0.25) is 0 Å². The second kappa shape index (κ2) is 8.21. The van der Waals surface area contributed by atoms with Crippen LogP contribution >= 0.6 is 11.3 Å². The zero-order valence-electron chi connectivity index (χ0n) is 12.9. The third kappa shape index (κ3) is 4.63. The molecule has 126 valence electrons. The molecule has 1 aromatic carbocycles. The maximum Gasteiger partial charge on any atom is 0.350 e. The Bertz CT molecular complexity index is 742. The van der Waals surface area contributed by atoms with E-state index in [-0.39, 0.29) is 29.5 Å². The van der Waals surface area contributed by atoms with E-state index in [1.165, 1.54) is 0 Å². The molecule has 1 aromatic heterocycles. The lowest BCUT2D eigenvalue weighted by Gasteiger charge is -2.01. The van der Waals surface area contributed by atoms with E-state index < -0.39 is 17.8 Å². The van der Waals surface area contributed by atoms with Crippen LogP contribution in [0.4, 0.5) is 5.13 Å². The molecule has 0 bridgehead atoms. The zero-order chi connectivity index (χ0) is 17.5. The molecular weight excluding hydrogens is 332 g/mol. The average Bonchev–Trinajstić information content (AvgIpc) is 2.98. The van der Waals surface area contributed by atoms with Crippen molar-refractivity contribution in [3.8, 4) is 11.3 Å².